The molecule has 6 rings (SSSR count). The highest BCUT2D eigenvalue weighted by Crippen LogP contribution is 2.89. The molecular weight excluding hydrogens is 398 g/mol. The first-order chi connectivity index (χ1) is 15.0. The van der Waals surface area contributed by atoms with Crippen LogP contribution >= 0.6 is 0 Å². The van der Waals surface area contributed by atoms with Gasteiger partial charge < -0.3 is 20.7 Å². The zero-order chi connectivity index (χ0) is 22.9. The zero-order valence-electron chi connectivity index (χ0n) is 21.1. The molecule has 1 saturated heterocycles. The van der Waals surface area contributed by atoms with Gasteiger partial charge in [0.15, 0.2) is 0 Å². The number of hydrogen-bond donors (Lipinski definition) is 3. The van der Waals surface area contributed by atoms with E-state index in [9.17, 15) is 10.2 Å². The summed E-state index contributed by atoms with van der Waals surface area (Å²) in [6.07, 6.45) is 10.1. The monoisotopic (exact) mass is 445 g/mol. The van der Waals surface area contributed by atoms with Gasteiger partial charge in [0.05, 0.1) is 24.4 Å². The number of fused-ring (bicyclic) bond motifs is 4. The number of aliphatic hydroxyl groups excluding tert-OH is 2. The summed E-state index contributed by atoms with van der Waals surface area (Å²) in [5, 5.41) is 22.9. The predicted molar refractivity (Wildman–Crippen MR) is 126 cm³/mol. The molecule has 2 spiro atoms. The Morgan fingerprint density at radius 2 is 1.62 bits per heavy atom. The first kappa shape index (κ1) is 22.3. The second-order valence-electron chi connectivity index (χ2n) is 14.2. The van der Waals surface area contributed by atoms with Gasteiger partial charge in [0.2, 0.25) is 0 Å². The van der Waals surface area contributed by atoms with E-state index in [0.717, 1.165) is 19.3 Å². The lowest BCUT2D eigenvalue weighted by Gasteiger charge is -2.63. The second kappa shape index (κ2) is 6.53. The van der Waals surface area contributed by atoms with Gasteiger partial charge in [-0.05, 0) is 110 Å². The van der Waals surface area contributed by atoms with Crippen LogP contribution in [0.3, 0.4) is 0 Å². The van der Waals surface area contributed by atoms with Gasteiger partial charge in [-0.1, -0.05) is 34.6 Å². The molecule has 6 fully saturated rings. The summed E-state index contributed by atoms with van der Waals surface area (Å²) in [5.74, 6) is 2.24. The summed E-state index contributed by atoms with van der Waals surface area (Å²) in [5.41, 5.74) is 6.76. The van der Waals surface area contributed by atoms with Crippen LogP contribution in [0, 0.1) is 50.7 Å². The standard InChI is InChI=1S/C28H47NO3/c1-16-14-17(9-13-29)32-22-21(16)25(4)11-12-28-15-27(28)10-8-20(30)24(2,3)18(27)6-7-19(28)26(25,5)23(22)31/h16-23,30-31H,6-15,29H2,1-5H3/t16-,17+,18+,19+,20+,21?,22+,23+,25-,26-,27-,28+/m1/s1. The Bertz CT molecular complexity index is 800. The average Bonchev–Trinajstić information content (AvgIpc) is 3.36. The summed E-state index contributed by atoms with van der Waals surface area (Å²) in [6, 6.07) is 0. The molecule has 182 valence electrons. The van der Waals surface area contributed by atoms with E-state index in [0.29, 0.717) is 41.0 Å². The molecule has 4 N–H and O–H groups in total. The van der Waals surface area contributed by atoms with Crippen LogP contribution < -0.4 is 5.73 Å². The van der Waals surface area contributed by atoms with E-state index in [1.54, 1.807) is 0 Å². The van der Waals surface area contributed by atoms with Gasteiger partial charge in [-0.25, -0.2) is 0 Å². The largest absolute Gasteiger partial charge is 0.393 e. The lowest BCUT2D eigenvalue weighted by atomic mass is 9.41. The molecule has 5 aliphatic carbocycles. The zero-order valence-corrected chi connectivity index (χ0v) is 21.1. The van der Waals surface area contributed by atoms with Gasteiger partial charge in [0.1, 0.15) is 0 Å². The number of rotatable bonds is 2. The molecule has 4 nitrogen and oxygen atoms in total. The first-order valence-electron chi connectivity index (χ1n) is 13.7. The Kier molecular flexibility index (Phi) is 4.55. The van der Waals surface area contributed by atoms with Gasteiger partial charge in [-0.3, -0.25) is 0 Å². The van der Waals surface area contributed by atoms with Crippen LogP contribution in [0.5, 0.6) is 0 Å². The molecule has 1 unspecified atom stereocenters. The highest BCUT2D eigenvalue weighted by molar-refractivity contribution is 5.32. The van der Waals surface area contributed by atoms with Crippen LogP contribution in [0.15, 0.2) is 0 Å². The molecular formula is C28H47NO3. The van der Waals surface area contributed by atoms with Crippen molar-refractivity contribution >= 4 is 0 Å². The van der Waals surface area contributed by atoms with Crippen LogP contribution in [0.1, 0.15) is 92.4 Å². The molecule has 0 bridgehead atoms. The fraction of sp³-hybridized carbons (Fsp3) is 1.00. The summed E-state index contributed by atoms with van der Waals surface area (Å²) in [6.45, 7) is 12.7. The third-order valence-corrected chi connectivity index (χ3v) is 13.3. The fourth-order valence-electron chi connectivity index (χ4n) is 11.8. The number of ether oxygens (including phenoxy) is 1. The van der Waals surface area contributed by atoms with E-state index in [1.165, 1.54) is 38.5 Å². The third kappa shape index (κ3) is 2.26. The van der Waals surface area contributed by atoms with Gasteiger partial charge >= 0.3 is 0 Å². The molecule has 0 amide bonds. The highest BCUT2D eigenvalue weighted by atomic mass is 16.5. The van der Waals surface area contributed by atoms with Crippen molar-refractivity contribution in [1.82, 2.24) is 0 Å². The lowest BCUT2D eigenvalue weighted by molar-refractivity contribution is -0.182. The van der Waals surface area contributed by atoms with E-state index in [-0.39, 0.29) is 40.7 Å². The number of aliphatic hydroxyl groups is 2. The van der Waals surface area contributed by atoms with Crippen molar-refractivity contribution in [2.75, 3.05) is 6.54 Å². The average molecular weight is 446 g/mol. The summed E-state index contributed by atoms with van der Waals surface area (Å²) in [4.78, 5) is 0. The fourth-order valence-corrected chi connectivity index (χ4v) is 11.8. The maximum absolute atomic E-state index is 12.1. The topological polar surface area (TPSA) is 75.7 Å². The quantitative estimate of drug-likeness (QED) is 0.585. The van der Waals surface area contributed by atoms with Crippen LogP contribution in [-0.2, 0) is 4.74 Å². The van der Waals surface area contributed by atoms with E-state index < -0.39 is 0 Å². The highest BCUT2D eigenvalue weighted by Gasteiger charge is 2.84. The third-order valence-electron chi connectivity index (χ3n) is 13.3. The van der Waals surface area contributed by atoms with Crippen molar-refractivity contribution < 1.29 is 14.9 Å². The molecule has 32 heavy (non-hydrogen) atoms. The van der Waals surface area contributed by atoms with Crippen molar-refractivity contribution in [3.63, 3.8) is 0 Å². The van der Waals surface area contributed by atoms with Crippen molar-refractivity contribution in [2.24, 2.45) is 56.5 Å². The van der Waals surface area contributed by atoms with Crippen molar-refractivity contribution in [3.8, 4) is 0 Å². The Hall–Kier alpha value is -0.160. The molecule has 0 aromatic rings. The second-order valence-corrected chi connectivity index (χ2v) is 14.2. The first-order valence-corrected chi connectivity index (χ1v) is 13.7. The number of hydrogen-bond acceptors (Lipinski definition) is 4. The van der Waals surface area contributed by atoms with Crippen LogP contribution in [0.25, 0.3) is 0 Å². The van der Waals surface area contributed by atoms with Gasteiger partial charge in [-0.2, -0.15) is 0 Å². The van der Waals surface area contributed by atoms with E-state index >= 15 is 0 Å². The van der Waals surface area contributed by atoms with Crippen molar-refractivity contribution in [1.29, 1.82) is 0 Å². The molecule has 5 saturated carbocycles. The minimum atomic E-state index is -0.376. The van der Waals surface area contributed by atoms with Crippen molar-refractivity contribution in [2.45, 2.75) is 117 Å². The predicted octanol–water partition coefficient (Wildman–Crippen LogP) is 4.51. The molecule has 12 atom stereocenters. The Morgan fingerprint density at radius 1 is 0.938 bits per heavy atom. The Labute approximate surface area is 195 Å². The summed E-state index contributed by atoms with van der Waals surface area (Å²) in [7, 11) is 0. The molecule has 0 aromatic heterocycles. The normalized spacial score (nSPS) is 62.2. The summed E-state index contributed by atoms with van der Waals surface area (Å²) >= 11 is 0. The Balaban J connectivity index is 1.38. The molecule has 1 heterocycles. The molecule has 0 radical (unpaired) electrons. The van der Waals surface area contributed by atoms with Crippen LogP contribution in [0.4, 0.5) is 0 Å². The maximum Gasteiger partial charge on any atom is 0.0879 e. The van der Waals surface area contributed by atoms with Crippen LogP contribution in [0.2, 0.25) is 0 Å². The Morgan fingerprint density at radius 3 is 2.34 bits per heavy atom. The molecule has 6 aliphatic rings. The van der Waals surface area contributed by atoms with Gasteiger partial charge in [-0.15, -0.1) is 0 Å². The van der Waals surface area contributed by atoms with Gasteiger partial charge in [0, 0.05) is 5.41 Å². The summed E-state index contributed by atoms with van der Waals surface area (Å²) < 4.78 is 6.67. The maximum atomic E-state index is 12.1. The lowest BCUT2D eigenvalue weighted by Crippen LogP contribution is -2.59. The van der Waals surface area contributed by atoms with E-state index in [2.05, 4.69) is 34.6 Å². The minimum Gasteiger partial charge on any atom is -0.393 e. The van der Waals surface area contributed by atoms with Crippen LogP contribution in [-0.4, -0.2) is 41.2 Å². The van der Waals surface area contributed by atoms with E-state index in [4.69, 9.17) is 10.5 Å². The van der Waals surface area contributed by atoms with E-state index in [1.807, 2.05) is 0 Å². The molecule has 1 aliphatic heterocycles. The number of nitrogens with two attached hydrogens (primary N) is 1. The molecule has 4 heteroatoms. The molecule has 0 aromatic carbocycles. The van der Waals surface area contributed by atoms with Crippen molar-refractivity contribution in [3.05, 3.63) is 0 Å². The SMILES string of the molecule is C[C@@H]1C[C@H](CCN)O[C@H]2C1[C@@]1(C)CC[C@@]34C[C@@]35CC[C@H](O)C(C)(C)[C@@H]5CC[C@H]4[C@]1(C)[C@H]2O. The minimum absolute atomic E-state index is 0.0176. The smallest absolute Gasteiger partial charge is 0.0879 e. The van der Waals surface area contributed by atoms with Gasteiger partial charge in [0.25, 0.3) is 0 Å².